The first-order valence-corrected chi connectivity index (χ1v) is 7.79. The minimum atomic E-state index is -0.560. The summed E-state index contributed by atoms with van der Waals surface area (Å²) in [6, 6.07) is 6.00. The molecule has 1 aliphatic heterocycles. The Morgan fingerprint density at radius 3 is 2.83 bits per heavy atom. The molecule has 7 nitrogen and oxygen atoms in total. The molecule has 1 N–H and O–H groups in total. The third kappa shape index (κ3) is 3.79. The monoisotopic (exact) mass is 332 g/mol. The van der Waals surface area contributed by atoms with E-state index in [0.29, 0.717) is 23.3 Å². The van der Waals surface area contributed by atoms with Gasteiger partial charge in [-0.1, -0.05) is 19.1 Å². The molecule has 0 bridgehead atoms. The Morgan fingerprint density at radius 1 is 1.50 bits per heavy atom. The number of nitrogens with one attached hydrogen (secondary N) is 1. The maximum atomic E-state index is 12.5. The largest absolute Gasteiger partial charge is 0.459 e. The summed E-state index contributed by atoms with van der Waals surface area (Å²) in [6.07, 6.45) is 0.469. The molecule has 24 heavy (non-hydrogen) atoms. The lowest BCUT2D eigenvalue weighted by molar-refractivity contribution is -0.384. The van der Waals surface area contributed by atoms with Gasteiger partial charge in [0.05, 0.1) is 16.6 Å². The molecule has 0 fully saturated rings. The van der Waals surface area contributed by atoms with E-state index in [9.17, 15) is 19.7 Å². The van der Waals surface area contributed by atoms with Crippen LogP contribution in [0.3, 0.4) is 0 Å². The third-order valence-corrected chi connectivity index (χ3v) is 4.06. The Kier molecular flexibility index (Phi) is 5.33. The van der Waals surface area contributed by atoms with Crippen molar-refractivity contribution in [2.45, 2.75) is 45.6 Å². The molecule has 0 aromatic heterocycles. The van der Waals surface area contributed by atoms with Crippen LogP contribution >= 0.6 is 0 Å². The minimum absolute atomic E-state index is 0.0451. The van der Waals surface area contributed by atoms with Gasteiger partial charge in [0.15, 0.2) is 0 Å². The van der Waals surface area contributed by atoms with Crippen LogP contribution in [0.2, 0.25) is 0 Å². The first-order chi connectivity index (χ1) is 11.3. The maximum absolute atomic E-state index is 12.5. The van der Waals surface area contributed by atoms with Gasteiger partial charge in [-0.3, -0.25) is 14.9 Å². The summed E-state index contributed by atoms with van der Waals surface area (Å²) in [4.78, 5) is 34.9. The molecule has 1 aromatic rings. The highest BCUT2D eigenvalue weighted by molar-refractivity contribution is 5.95. The molecule has 0 spiro atoms. The topological polar surface area (TPSA) is 98.5 Å². The number of carbonyl (C=O) groups excluding carboxylic acids is 2. The van der Waals surface area contributed by atoms with Gasteiger partial charge in [-0.15, -0.1) is 0 Å². The van der Waals surface area contributed by atoms with Crippen LogP contribution in [0.1, 0.15) is 45.1 Å². The number of amides is 1. The average Bonchev–Trinajstić information content (AvgIpc) is 2.53. The van der Waals surface area contributed by atoms with Crippen molar-refractivity contribution in [2.24, 2.45) is 0 Å². The standard InChI is InChI=1S/C17H20N2O5/c1-4-10(2)24-17(21)16-11(3)18-15(20)9-14(16)12-6-5-7-13(8-12)19(22)23/h5-8,10,14H,4,9H2,1-3H3,(H,18,20)/t10-,14+/m0/s1. The van der Waals surface area contributed by atoms with Crippen molar-refractivity contribution in [3.63, 3.8) is 0 Å². The van der Waals surface area contributed by atoms with E-state index >= 15 is 0 Å². The van der Waals surface area contributed by atoms with Crippen LogP contribution < -0.4 is 5.32 Å². The minimum Gasteiger partial charge on any atom is -0.459 e. The van der Waals surface area contributed by atoms with Crippen LogP contribution in [0, 0.1) is 10.1 Å². The number of ether oxygens (including phenoxy) is 1. The summed E-state index contributed by atoms with van der Waals surface area (Å²) in [5.74, 6) is -1.29. The Hall–Kier alpha value is -2.70. The van der Waals surface area contributed by atoms with E-state index in [1.807, 2.05) is 6.92 Å². The number of allylic oxidation sites excluding steroid dienone is 1. The number of rotatable bonds is 5. The molecule has 0 unspecified atom stereocenters. The predicted octanol–water partition coefficient (Wildman–Crippen LogP) is 2.81. The van der Waals surface area contributed by atoms with Gasteiger partial charge in [-0.2, -0.15) is 0 Å². The number of hydrogen-bond acceptors (Lipinski definition) is 5. The quantitative estimate of drug-likeness (QED) is 0.508. The summed E-state index contributed by atoms with van der Waals surface area (Å²) in [6.45, 7) is 5.33. The van der Waals surface area contributed by atoms with Gasteiger partial charge >= 0.3 is 5.97 Å². The molecule has 0 radical (unpaired) electrons. The molecule has 7 heteroatoms. The summed E-state index contributed by atoms with van der Waals surface area (Å²) in [7, 11) is 0. The highest BCUT2D eigenvalue weighted by Crippen LogP contribution is 2.35. The zero-order valence-electron chi connectivity index (χ0n) is 13.9. The smallest absolute Gasteiger partial charge is 0.336 e. The van der Waals surface area contributed by atoms with E-state index in [1.54, 1.807) is 26.0 Å². The second-order valence-corrected chi connectivity index (χ2v) is 5.82. The van der Waals surface area contributed by atoms with Crippen molar-refractivity contribution in [2.75, 3.05) is 0 Å². The van der Waals surface area contributed by atoms with Crippen LogP contribution in [0.15, 0.2) is 35.5 Å². The molecule has 1 aliphatic rings. The fourth-order valence-electron chi connectivity index (χ4n) is 2.64. The number of hydrogen-bond donors (Lipinski definition) is 1. The Balaban J connectivity index is 2.43. The fourth-order valence-corrected chi connectivity index (χ4v) is 2.64. The summed E-state index contributed by atoms with van der Waals surface area (Å²) >= 11 is 0. The van der Waals surface area contributed by atoms with Gasteiger partial charge in [0.25, 0.3) is 5.69 Å². The summed E-state index contributed by atoms with van der Waals surface area (Å²) in [5.41, 5.74) is 1.24. The number of benzene rings is 1. The second kappa shape index (κ2) is 7.25. The number of nitro benzene ring substituents is 1. The number of nitro groups is 1. The van der Waals surface area contributed by atoms with E-state index in [2.05, 4.69) is 5.32 Å². The van der Waals surface area contributed by atoms with Crippen LogP contribution in [0.25, 0.3) is 0 Å². The molecule has 0 aliphatic carbocycles. The van der Waals surface area contributed by atoms with Gasteiger partial charge in [0.2, 0.25) is 5.91 Å². The van der Waals surface area contributed by atoms with Crippen molar-refractivity contribution in [3.05, 3.63) is 51.2 Å². The van der Waals surface area contributed by atoms with Crippen LogP contribution in [-0.2, 0) is 14.3 Å². The van der Waals surface area contributed by atoms with E-state index in [-0.39, 0.29) is 24.1 Å². The number of esters is 1. The van der Waals surface area contributed by atoms with Crippen molar-refractivity contribution >= 4 is 17.6 Å². The lowest BCUT2D eigenvalue weighted by Gasteiger charge is -2.27. The molecule has 2 atom stereocenters. The zero-order chi connectivity index (χ0) is 17.9. The second-order valence-electron chi connectivity index (χ2n) is 5.82. The van der Waals surface area contributed by atoms with Gasteiger partial charge in [-0.25, -0.2) is 4.79 Å². The van der Waals surface area contributed by atoms with E-state index in [4.69, 9.17) is 4.74 Å². The van der Waals surface area contributed by atoms with Crippen LogP contribution in [0.4, 0.5) is 5.69 Å². The Morgan fingerprint density at radius 2 is 2.21 bits per heavy atom. The van der Waals surface area contributed by atoms with Crippen molar-refractivity contribution in [1.29, 1.82) is 0 Å². The fraction of sp³-hybridized carbons (Fsp3) is 0.412. The lowest BCUT2D eigenvalue weighted by Crippen LogP contribution is -2.34. The zero-order valence-corrected chi connectivity index (χ0v) is 13.9. The first kappa shape index (κ1) is 17.7. The Bertz CT molecular complexity index is 711. The molecule has 0 saturated carbocycles. The van der Waals surface area contributed by atoms with Gasteiger partial charge in [0, 0.05) is 30.2 Å². The van der Waals surface area contributed by atoms with E-state index < -0.39 is 16.8 Å². The van der Waals surface area contributed by atoms with E-state index in [1.165, 1.54) is 12.1 Å². The first-order valence-electron chi connectivity index (χ1n) is 7.79. The molecular formula is C17H20N2O5. The van der Waals surface area contributed by atoms with Crippen molar-refractivity contribution in [1.82, 2.24) is 5.32 Å². The lowest BCUT2D eigenvalue weighted by atomic mass is 9.84. The molecule has 1 aromatic carbocycles. The highest BCUT2D eigenvalue weighted by Gasteiger charge is 2.33. The molecule has 1 heterocycles. The SMILES string of the molecule is CC[C@H](C)OC(=O)C1=C(C)NC(=O)C[C@@H]1c1cccc([N+](=O)[O-])c1. The highest BCUT2D eigenvalue weighted by atomic mass is 16.6. The number of non-ortho nitro benzene ring substituents is 1. The summed E-state index contributed by atoms with van der Waals surface area (Å²) < 4.78 is 5.39. The van der Waals surface area contributed by atoms with Gasteiger partial charge < -0.3 is 10.1 Å². The maximum Gasteiger partial charge on any atom is 0.336 e. The van der Waals surface area contributed by atoms with Gasteiger partial charge in [-0.05, 0) is 25.8 Å². The molecular weight excluding hydrogens is 312 g/mol. The molecule has 1 amide bonds. The van der Waals surface area contributed by atoms with E-state index in [0.717, 1.165) is 0 Å². The third-order valence-electron chi connectivity index (χ3n) is 4.06. The molecule has 2 rings (SSSR count). The van der Waals surface area contributed by atoms with Crippen LogP contribution in [0.5, 0.6) is 0 Å². The Labute approximate surface area is 139 Å². The van der Waals surface area contributed by atoms with Crippen molar-refractivity contribution < 1.29 is 19.2 Å². The predicted molar refractivity (Wildman–Crippen MR) is 87.1 cm³/mol. The molecule has 128 valence electrons. The summed E-state index contributed by atoms with van der Waals surface area (Å²) in [5, 5.41) is 13.6. The molecule has 0 saturated heterocycles. The average molecular weight is 332 g/mol. The number of carbonyl (C=O) groups is 2. The van der Waals surface area contributed by atoms with Crippen LogP contribution in [-0.4, -0.2) is 22.9 Å². The van der Waals surface area contributed by atoms with Crippen molar-refractivity contribution in [3.8, 4) is 0 Å². The normalized spacial score (nSPS) is 18.8. The van der Waals surface area contributed by atoms with Gasteiger partial charge in [0.1, 0.15) is 0 Å². The number of nitrogens with zero attached hydrogens (tertiary/aromatic N) is 1.